The van der Waals surface area contributed by atoms with Gasteiger partial charge < -0.3 is 28.5 Å². The Balaban J connectivity index is 0.00000144. The lowest BCUT2D eigenvalue weighted by atomic mass is 10.2. The highest BCUT2D eigenvalue weighted by Gasteiger charge is 2.09. The predicted molar refractivity (Wildman–Crippen MR) is 60.9 cm³/mol. The lowest BCUT2D eigenvalue weighted by Crippen LogP contribution is -3.00. The van der Waals surface area contributed by atoms with E-state index in [0.717, 1.165) is 11.0 Å². The van der Waals surface area contributed by atoms with Gasteiger partial charge in [0.25, 0.3) is 0 Å². The van der Waals surface area contributed by atoms with Gasteiger partial charge >= 0.3 is 0 Å². The van der Waals surface area contributed by atoms with E-state index in [2.05, 4.69) is 68.0 Å². The third-order valence-corrected chi connectivity index (χ3v) is 2.65. The molecule has 0 amide bonds. The molecule has 0 fully saturated rings. The van der Waals surface area contributed by atoms with Crippen molar-refractivity contribution in [2.24, 2.45) is 0 Å². The molecule has 0 N–H and O–H groups in total. The smallest absolute Gasteiger partial charge is 0.105 e. The Morgan fingerprint density at radius 3 is 2.15 bits per heavy atom. The fourth-order valence-electron chi connectivity index (χ4n) is 1.14. The second-order valence-electron chi connectivity index (χ2n) is 4.04. The Kier molecular flexibility index (Phi) is 5.77. The van der Waals surface area contributed by atoms with Crippen LogP contribution in [0.2, 0.25) is 0 Å². The molecule has 0 saturated heterocycles. The number of quaternary nitrogens is 1. The molecule has 0 unspecified atom stereocenters. The SMILES string of the molecule is C[N+](C)(C)Cc1ccccc1I.[I-]. The van der Waals surface area contributed by atoms with Gasteiger partial charge in [-0.3, -0.25) is 0 Å². The summed E-state index contributed by atoms with van der Waals surface area (Å²) in [5.41, 5.74) is 1.44. The minimum Gasteiger partial charge on any atom is -1.00 e. The van der Waals surface area contributed by atoms with E-state index in [1.807, 2.05) is 0 Å². The first-order valence-corrected chi connectivity index (χ1v) is 5.11. The van der Waals surface area contributed by atoms with Gasteiger partial charge in [0.05, 0.1) is 21.1 Å². The van der Waals surface area contributed by atoms with Crippen LogP contribution in [0, 0.1) is 3.57 Å². The van der Waals surface area contributed by atoms with E-state index in [1.165, 1.54) is 9.13 Å². The molecular weight excluding hydrogens is 388 g/mol. The lowest BCUT2D eigenvalue weighted by molar-refractivity contribution is -0.884. The maximum Gasteiger partial charge on any atom is 0.105 e. The van der Waals surface area contributed by atoms with Crippen LogP contribution in [0.1, 0.15) is 5.56 Å². The van der Waals surface area contributed by atoms with Gasteiger partial charge in [-0.25, -0.2) is 0 Å². The molecular formula is C10H15I2N. The van der Waals surface area contributed by atoms with Crippen LogP contribution in [0.4, 0.5) is 0 Å². The van der Waals surface area contributed by atoms with E-state index in [1.54, 1.807) is 0 Å². The quantitative estimate of drug-likeness (QED) is 0.462. The third-order valence-electron chi connectivity index (χ3n) is 1.60. The van der Waals surface area contributed by atoms with Crippen LogP contribution in [0.25, 0.3) is 0 Å². The highest BCUT2D eigenvalue weighted by Crippen LogP contribution is 2.14. The molecule has 0 heterocycles. The number of rotatable bonds is 2. The van der Waals surface area contributed by atoms with Crippen molar-refractivity contribution >= 4 is 22.6 Å². The molecule has 0 aliphatic carbocycles. The van der Waals surface area contributed by atoms with Crippen molar-refractivity contribution in [2.45, 2.75) is 6.54 Å². The van der Waals surface area contributed by atoms with Crippen LogP contribution in [0.5, 0.6) is 0 Å². The molecule has 0 aliphatic heterocycles. The normalized spacial score (nSPS) is 10.8. The molecule has 1 aromatic rings. The van der Waals surface area contributed by atoms with Gasteiger partial charge in [0.2, 0.25) is 0 Å². The maximum atomic E-state index is 2.39. The van der Waals surface area contributed by atoms with E-state index in [-0.39, 0.29) is 24.0 Å². The van der Waals surface area contributed by atoms with Gasteiger partial charge in [-0.15, -0.1) is 0 Å². The molecule has 1 nitrogen and oxygen atoms in total. The molecule has 0 bridgehead atoms. The minimum atomic E-state index is 0. The Labute approximate surface area is 111 Å². The summed E-state index contributed by atoms with van der Waals surface area (Å²) in [4.78, 5) is 0. The van der Waals surface area contributed by atoms with Crippen molar-refractivity contribution in [2.75, 3.05) is 21.1 Å². The van der Waals surface area contributed by atoms with Crippen LogP contribution < -0.4 is 24.0 Å². The maximum absolute atomic E-state index is 2.39. The Hall–Kier alpha value is 0.640. The van der Waals surface area contributed by atoms with Gasteiger partial charge in [-0.1, -0.05) is 18.2 Å². The summed E-state index contributed by atoms with van der Waals surface area (Å²) in [6, 6.07) is 8.55. The van der Waals surface area contributed by atoms with Gasteiger partial charge in [0.15, 0.2) is 0 Å². The summed E-state index contributed by atoms with van der Waals surface area (Å²) >= 11 is 2.39. The predicted octanol–water partition coefficient (Wildman–Crippen LogP) is -0.499. The van der Waals surface area contributed by atoms with E-state index in [0.29, 0.717) is 0 Å². The fourth-order valence-corrected chi connectivity index (χ4v) is 1.70. The monoisotopic (exact) mass is 403 g/mol. The Bertz CT molecular complexity index is 266. The summed E-state index contributed by atoms with van der Waals surface area (Å²) in [6.07, 6.45) is 0. The molecule has 0 radical (unpaired) electrons. The van der Waals surface area contributed by atoms with Crippen LogP contribution in [-0.2, 0) is 6.54 Å². The number of nitrogens with zero attached hydrogens (tertiary/aromatic N) is 1. The van der Waals surface area contributed by atoms with Gasteiger partial charge in [0, 0.05) is 9.13 Å². The number of hydrogen-bond acceptors (Lipinski definition) is 0. The second-order valence-corrected chi connectivity index (χ2v) is 5.20. The van der Waals surface area contributed by atoms with E-state index >= 15 is 0 Å². The highest BCUT2D eigenvalue weighted by atomic mass is 127. The molecule has 3 heteroatoms. The van der Waals surface area contributed by atoms with E-state index in [9.17, 15) is 0 Å². The average molecular weight is 403 g/mol. The molecule has 0 spiro atoms. The molecule has 13 heavy (non-hydrogen) atoms. The van der Waals surface area contributed by atoms with Crippen molar-refractivity contribution in [1.29, 1.82) is 0 Å². The van der Waals surface area contributed by atoms with Crippen LogP contribution in [-0.4, -0.2) is 25.6 Å². The first kappa shape index (κ1) is 13.6. The lowest BCUT2D eigenvalue weighted by Gasteiger charge is -2.24. The number of benzene rings is 1. The van der Waals surface area contributed by atoms with Crippen molar-refractivity contribution in [3.63, 3.8) is 0 Å². The summed E-state index contributed by atoms with van der Waals surface area (Å²) in [6.45, 7) is 1.10. The molecule has 1 aromatic carbocycles. The molecule has 0 aliphatic rings. The first-order chi connectivity index (χ1) is 5.49. The highest BCUT2D eigenvalue weighted by molar-refractivity contribution is 14.1. The van der Waals surface area contributed by atoms with E-state index < -0.39 is 0 Å². The summed E-state index contributed by atoms with van der Waals surface area (Å²) in [7, 11) is 6.63. The Morgan fingerprint density at radius 1 is 1.15 bits per heavy atom. The standard InChI is InChI=1S/C10H15IN.HI/c1-12(2,3)8-9-6-4-5-7-10(9)11;/h4-7H,8H2,1-3H3;1H/q+1;/p-1. The molecule has 0 aromatic heterocycles. The van der Waals surface area contributed by atoms with Crippen molar-refractivity contribution < 1.29 is 28.5 Å². The average Bonchev–Trinajstić information content (AvgIpc) is 1.91. The fraction of sp³-hybridized carbons (Fsp3) is 0.400. The molecule has 74 valence electrons. The van der Waals surface area contributed by atoms with Crippen LogP contribution in [0.15, 0.2) is 24.3 Å². The number of hydrogen-bond donors (Lipinski definition) is 0. The van der Waals surface area contributed by atoms with Gasteiger partial charge in [-0.2, -0.15) is 0 Å². The third kappa shape index (κ3) is 5.17. The zero-order chi connectivity index (χ0) is 9.19. The summed E-state index contributed by atoms with van der Waals surface area (Å²) in [5, 5.41) is 0. The molecule has 0 atom stereocenters. The summed E-state index contributed by atoms with van der Waals surface area (Å²) < 4.78 is 2.35. The van der Waals surface area contributed by atoms with Gasteiger partial charge in [0.1, 0.15) is 6.54 Å². The first-order valence-electron chi connectivity index (χ1n) is 4.03. The van der Waals surface area contributed by atoms with Crippen molar-refractivity contribution in [1.82, 2.24) is 0 Å². The molecule has 0 saturated carbocycles. The largest absolute Gasteiger partial charge is 1.00 e. The zero-order valence-corrected chi connectivity index (χ0v) is 12.5. The second kappa shape index (κ2) is 5.50. The van der Waals surface area contributed by atoms with Crippen LogP contribution >= 0.6 is 22.6 Å². The number of halogens is 2. The summed E-state index contributed by atoms with van der Waals surface area (Å²) in [5.74, 6) is 0. The topological polar surface area (TPSA) is 0 Å². The van der Waals surface area contributed by atoms with Gasteiger partial charge in [-0.05, 0) is 28.7 Å². The Morgan fingerprint density at radius 2 is 1.69 bits per heavy atom. The van der Waals surface area contributed by atoms with Crippen molar-refractivity contribution in [3.8, 4) is 0 Å². The van der Waals surface area contributed by atoms with Crippen LogP contribution in [0.3, 0.4) is 0 Å². The zero-order valence-electron chi connectivity index (χ0n) is 8.22. The minimum absolute atomic E-state index is 0. The van der Waals surface area contributed by atoms with Crippen molar-refractivity contribution in [3.05, 3.63) is 33.4 Å². The molecule has 1 rings (SSSR count). The van der Waals surface area contributed by atoms with E-state index in [4.69, 9.17) is 0 Å².